The standard InChI is InChI=1S/C19H29N3O3/c1-21-11-13-22(14-12-21)10-4-9-20-19(23)8-6-16-5-7-17(24-2)18(15-16)25-3/h5-8,15H,4,9-14H2,1-3H3,(H,20,23). The van der Waals surface area contributed by atoms with Crippen LogP contribution in [0.3, 0.4) is 0 Å². The first-order chi connectivity index (χ1) is 12.1. The van der Waals surface area contributed by atoms with Crippen LogP contribution in [0.15, 0.2) is 24.3 Å². The molecule has 0 aliphatic carbocycles. The monoisotopic (exact) mass is 347 g/mol. The topological polar surface area (TPSA) is 54.0 Å². The van der Waals surface area contributed by atoms with E-state index in [2.05, 4.69) is 22.2 Å². The predicted octanol–water partition coefficient (Wildman–Crippen LogP) is 1.47. The van der Waals surface area contributed by atoms with Gasteiger partial charge in [-0.2, -0.15) is 0 Å². The Balaban J connectivity index is 1.70. The third-order valence-corrected chi connectivity index (χ3v) is 4.38. The highest BCUT2D eigenvalue weighted by Crippen LogP contribution is 2.27. The van der Waals surface area contributed by atoms with Gasteiger partial charge in [0, 0.05) is 38.8 Å². The number of carbonyl (C=O) groups is 1. The van der Waals surface area contributed by atoms with Crippen LogP contribution < -0.4 is 14.8 Å². The number of hydrogen-bond acceptors (Lipinski definition) is 5. The molecule has 0 aromatic heterocycles. The Labute approximate surface area is 150 Å². The van der Waals surface area contributed by atoms with Crippen molar-refractivity contribution in [3.63, 3.8) is 0 Å². The Morgan fingerprint density at radius 3 is 2.56 bits per heavy atom. The Morgan fingerprint density at radius 2 is 1.88 bits per heavy atom. The summed E-state index contributed by atoms with van der Waals surface area (Å²) < 4.78 is 10.5. The lowest BCUT2D eigenvalue weighted by Crippen LogP contribution is -2.45. The minimum absolute atomic E-state index is 0.0758. The molecule has 0 atom stereocenters. The van der Waals surface area contributed by atoms with Crippen molar-refractivity contribution in [3.05, 3.63) is 29.8 Å². The molecular weight excluding hydrogens is 318 g/mol. The molecular formula is C19H29N3O3. The number of methoxy groups -OCH3 is 2. The summed E-state index contributed by atoms with van der Waals surface area (Å²) in [6.07, 6.45) is 4.30. The number of benzene rings is 1. The van der Waals surface area contributed by atoms with E-state index < -0.39 is 0 Å². The van der Waals surface area contributed by atoms with Gasteiger partial charge >= 0.3 is 0 Å². The summed E-state index contributed by atoms with van der Waals surface area (Å²) in [4.78, 5) is 16.7. The lowest BCUT2D eigenvalue weighted by Gasteiger charge is -2.32. The highest BCUT2D eigenvalue weighted by Gasteiger charge is 2.12. The Bertz CT molecular complexity index is 581. The minimum atomic E-state index is -0.0758. The summed E-state index contributed by atoms with van der Waals surface area (Å²) in [5.41, 5.74) is 0.894. The maximum Gasteiger partial charge on any atom is 0.243 e. The largest absolute Gasteiger partial charge is 0.493 e. The van der Waals surface area contributed by atoms with Gasteiger partial charge in [-0.15, -0.1) is 0 Å². The molecule has 2 rings (SSSR count). The van der Waals surface area contributed by atoms with Crippen molar-refractivity contribution in [2.24, 2.45) is 0 Å². The molecule has 0 spiro atoms. The first kappa shape index (κ1) is 19.3. The van der Waals surface area contributed by atoms with E-state index in [-0.39, 0.29) is 5.91 Å². The number of likely N-dealkylation sites (N-methyl/N-ethyl adjacent to an activating group) is 1. The van der Waals surface area contributed by atoms with Gasteiger partial charge in [0.15, 0.2) is 11.5 Å². The quantitative estimate of drug-likeness (QED) is 0.570. The molecule has 1 heterocycles. The number of ether oxygens (including phenoxy) is 2. The molecule has 138 valence electrons. The molecule has 1 saturated heterocycles. The first-order valence-corrected chi connectivity index (χ1v) is 8.71. The third-order valence-electron chi connectivity index (χ3n) is 4.38. The van der Waals surface area contributed by atoms with Crippen LogP contribution in [0.5, 0.6) is 11.5 Å². The molecule has 25 heavy (non-hydrogen) atoms. The molecule has 1 aliphatic rings. The molecule has 1 N–H and O–H groups in total. The molecule has 1 fully saturated rings. The van der Waals surface area contributed by atoms with Crippen molar-refractivity contribution >= 4 is 12.0 Å². The number of nitrogens with zero attached hydrogens (tertiary/aromatic N) is 2. The van der Waals surface area contributed by atoms with Crippen molar-refractivity contribution in [2.75, 3.05) is 60.5 Å². The average Bonchev–Trinajstić information content (AvgIpc) is 2.64. The van der Waals surface area contributed by atoms with Gasteiger partial charge in [-0.3, -0.25) is 4.79 Å². The van der Waals surface area contributed by atoms with E-state index in [0.29, 0.717) is 18.0 Å². The maximum atomic E-state index is 11.9. The lowest BCUT2D eigenvalue weighted by atomic mass is 10.2. The zero-order chi connectivity index (χ0) is 18.1. The summed E-state index contributed by atoms with van der Waals surface area (Å²) in [7, 11) is 5.35. The fraction of sp³-hybridized carbons (Fsp3) is 0.526. The van der Waals surface area contributed by atoms with E-state index in [1.165, 1.54) is 0 Å². The second kappa shape index (κ2) is 10.1. The number of hydrogen-bond donors (Lipinski definition) is 1. The summed E-state index contributed by atoms with van der Waals surface area (Å²) in [5.74, 6) is 1.25. The van der Waals surface area contributed by atoms with Crippen molar-refractivity contribution < 1.29 is 14.3 Å². The van der Waals surface area contributed by atoms with Crippen LogP contribution in [0.4, 0.5) is 0 Å². The normalized spacial score (nSPS) is 16.1. The van der Waals surface area contributed by atoms with Crippen LogP contribution in [-0.2, 0) is 4.79 Å². The SMILES string of the molecule is COc1ccc(C=CC(=O)NCCCN2CCN(C)CC2)cc1OC. The highest BCUT2D eigenvalue weighted by molar-refractivity contribution is 5.91. The molecule has 6 heteroatoms. The van der Waals surface area contributed by atoms with Crippen LogP contribution in [0, 0.1) is 0 Å². The number of piperazine rings is 1. The fourth-order valence-corrected chi connectivity index (χ4v) is 2.77. The van der Waals surface area contributed by atoms with Crippen LogP contribution in [0.2, 0.25) is 0 Å². The second-order valence-corrected chi connectivity index (χ2v) is 6.24. The fourth-order valence-electron chi connectivity index (χ4n) is 2.77. The summed E-state index contributed by atoms with van der Waals surface area (Å²) in [6.45, 7) is 6.21. The molecule has 0 unspecified atom stereocenters. The summed E-state index contributed by atoms with van der Waals surface area (Å²) in [5, 5.41) is 2.93. The maximum absolute atomic E-state index is 11.9. The van der Waals surface area contributed by atoms with E-state index in [0.717, 1.165) is 44.7 Å². The van der Waals surface area contributed by atoms with Gasteiger partial charge in [0.05, 0.1) is 14.2 Å². The molecule has 0 saturated carbocycles. The van der Waals surface area contributed by atoms with E-state index in [4.69, 9.17) is 9.47 Å². The van der Waals surface area contributed by atoms with Crippen LogP contribution >= 0.6 is 0 Å². The molecule has 0 bridgehead atoms. The van der Waals surface area contributed by atoms with Gasteiger partial charge in [0.2, 0.25) is 5.91 Å². The Kier molecular flexibility index (Phi) is 7.76. The highest BCUT2D eigenvalue weighted by atomic mass is 16.5. The summed E-state index contributed by atoms with van der Waals surface area (Å²) in [6, 6.07) is 5.56. The third kappa shape index (κ3) is 6.40. The molecule has 1 aromatic carbocycles. The van der Waals surface area contributed by atoms with Crippen LogP contribution in [0.1, 0.15) is 12.0 Å². The van der Waals surface area contributed by atoms with E-state index in [1.807, 2.05) is 18.2 Å². The Morgan fingerprint density at radius 1 is 1.16 bits per heavy atom. The van der Waals surface area contributed by atoms with Gasteiger partial charge in [-0.25, -0.2) is 0 Å². The number of rotatable bonds is 8. The zero-order valence-corrected chi connectivity index (χ0v) is 15.5. The minimum Gasteiger partial charge on any atom is -0.493 e. The predicted molar refractivity (Wildman–Crippen MR) is 100 cm³/mol. The lowest BCUT2D eigenvalue weighted by molar-refractivity contribution is -0.116. The van der Waals surface area contributed by atoms with Gasteiger partial charge < -0.3 is 24.6 Å². The number of nitrogens with one attached hydrogen (secondary N) is 1. The number of amides is 1. The second-order valence-electron chi connectivity index (χ2n) is 6.24. The van der Waals surface area contributed by atoms with Crippen LogP contribution in [-0.4, -0.2) is 76.2 Å². The van der Waals surface area contributed by atoms with Gasteiger partial charge in [-0.05, 0) is 43.8 Å². The molecule has 0 radical (unpaired) electrons. The first-order valence-electron chi connectivity index (χ1n) is 8.71. The summed E-state index contributed by atoms with van der Waals surface area (Å²) >= 11 is 0. The van der Waals surface area contributed by atoms with E-state index >= 15 is 0 Å². The van der Waals surface area contributed by atoms with Crippen molar-refractivity contribution in [1.29, 1.82) is 0 Å². The molecule has 6 nitrogen and oxygen atoms in total. The zero-order valence-electron chi connectivity index (χ0n) is 15.5. The van der Waals surface area contributed by atoms with Gasteiger partial charge in [0.25, 0.3) is 0 Å². The van der Waals surface area contributed by atoms with Crippen molar-refractivity contribution in [2.45, 2.75) is 6.42 Å². The van der Waals surface area contributed by atoms with Crippen LogP contribution in [0.25, 0.3) is 6.08 Å². The van der Waals surface area contributed by atoms with E-state index in [1.54, 1.807) is 26.4 Å². The smallest absolute Gasteiger partial charge is 0.243 e. The van der Waals surface area contributed by atoms with Gasteiger partial charge in [0.1, 0.15) is 0 Å². The molecule has 1 aliphatic heterocycles. The van der Waals surface area contributed by atoms with Crippen molar-refractivity contribution in [3.8, 4) is 11.5 Å². The van der Waals surface area contributed by atoms with E-state index in [9.17, 15) is 4.79 Å². The van der Waals surface area contributed by atoms with Crippen molar-refractivity contribution in [1.82, 2.24) is 15.1 Å². The average molecular weight is 347 g/mol. The molecule has 1 amide bonds. The number of carbonyl (C=O) groups excluding carboxylic acids is 1. The van der Waals surface area contributed by atoms with Gasteiger partial charge in [-0.1, -0.05) is 6.07 Å². The molecule has 1 aromatic rings. The Hall–Kier alpha value is -2.05.